The second-order valence-corrected chi connectivity index (χ2v) is 4.95. The van der Waals surface area contributed by atoms with E-state index in [9.17, 15) is 9.59 Å². The van der Waals surface area contributed by atoms with Gasteiger partial charge in [0.25, 0.3) is 5.91 Å². The largest absolute Gasteiger partial charge is 0.427 e. The molecule has 106 valence electrons. The summed E-state index contributed by atoms with van der Waals surface area (Å²) in [6, 6.07) is 14.6. The number of rotatable bonds is 2. The van der Waals surface area contributed by atoms with Crippen molar-refractivity contribution in [2.24, 2.45) is 0 Å². The summed E-state index contributed by atoms with van der Waals surface area (Å²) in [4.78, 5) is 25.2. The number of benzene rings is 2. The van der Waals surface area contributed by atoms with Crippen molar-refractivity contribution >= 4 is 17.6 Å². The minimum Gasteiger partial charge on any atom is -0.427 e. The molecule has 0 spiro atoms. The first-order valence-corrected chi connectivity index (χ1v) is 6.83. The first-order valence-electron chi connectivity index (χ1n) is 6.83. The van der Waals surface area contributed by atoms with Gasteiger partial charge in [-0.2, -0.15) is 0 Å². The lowest BCUT2D eigenvalue weighted by Gasteiger charge is -2.17. The fourth-order valence-electron chi connectivity index (χ4n) is 2.54. The molecule has 1 aliphatic rings. The van der Waals surface area contributed by atoms with E-state index in [0.717, 1.165) is 12.1 Å². The third-order valence-electron chi connectivity index (χ3n) is 3.50. The van der Waals surface area contributed by atoms with Crippen LogP contribution in [0, 0.1) is 0 Å². The van der Waals surface area contributed by atoms with Gasteiger partial charge in [-0.3, -0.25) is 9.59 Å². The molecule has 4 nitrogen and oxygen atoms in total. The fourth-order valence-corrected chi connectivity index (χ4v) is 2.54. The SMILES string of the molecule is CC(=O)Oc1ccc(C(=O)N2CCc3ccccc32)cc1. The average molecular weight is 281 g/mol. The molecule has 0 fully saturated rings. The van der Waals surface area contributed by atoms with E-state index in [4.69, 9.17) is 4.74 Å². The summed E-state index contributed by atoms with van der Waals surface area (Å²) < 4.78 is 4.97. The van der Waals surface area contributed by atoms with Crippen molar-refractivity contribution in [1.82, 2.24) is 0 Å². The van der Waals surface area contributed by atoms with Crippen LogP contribution in [-0.4, -0.2) is 18.4 Å². The summed E-state index contributed by atoms with van der Waals surface area (Å²) in [5, 5.41) is 0. The fraction of sp³-hybridized carbons (Fsp3) is 0.176. The van der Waals surface area contributed by atoms with Gasteiger partial charge in [0.15, 0.2) is 0 Å². The third-order valence-corrected chi connectivity index (χ3v) is 3.50. The van der Waals surface area contributed by atoms with E-state index in [1.807, 2.05) is 24.3 Å². The van der Waals surface area contributed by atoms with Crippen molar-refractivity contribution in [3.05, 3.63) is 59.7 Å². The number of fused-ring (bicyclic) bond motifs is 1. The number of esters is 1. The quantitative estimate of drug-likeness (QED) is 0.628. The van der Waals surface area contributed by atoms with Crippen molar-refractivity contribution in [1.29, 1.82) is 0 Å². The van der Waals surface area contributed by atoms with Crippen LogP contribution in [0.4, 0.5) is 5.69 Å². The Bertz CT molecular complexity index is 691. The van der Waals surface area contributed by atoms with Gasteiger partial charge in [-0.1, -0.05) is 18.2 Å². The second kappa shape index (κ2) is 5.40. The molecule has 0 unspecified atom stereocenters. The predicted octanol–water partition coefficient (Wildman–Crippen LogP) is 2.81. The molecule has 1 amide bonds. The van der Waals surface area contributed by atoms with E-state index >= 15 is 0 Å². The zero-order valence-corrected chi connectivity index (χ0v) is 11.7. The van der Waals surface area contributed by atoms with Crippen molar-refractivity contribution < 1.29 is 14.3 Å². The third kappa shape index (κ3) is 2.65. The molecule has 0 aliphatic carbocycles. The van der Waals surface area contributed by atoms with Crippen LogP contribution in [0.1, 0.15) is 22.8 Å². The van der Waals surface area contributed by atoms with E-state index in [1.54, 1.807) is 29.2 Å². The molecular formula is C17H15NO3. The van der Waals surface area contributed by atoms with Gasteiger partial charge < -0.3 is 9.64 Å². The number of para-hydroxylation sites is 1. The standard InChI is InChI=1S/C17H15NO3/c1-12(19)21-15-8-6-14(7-9-15)17(20)18-11-10-13-4-2-3-5-16(13)18/h2-9H,10-11H2,1H3. The van der Waals surface area contributed by atoms with Crippen molar-refractivity contribution in [3.63, 3.8) is 0 Å². The lowest BCUT2D eigenvalue weighted by molar-refractivity contribution is -0.131. The van der Waals surface area contributed by atoms with Gasteiger partial charge >= 0.3 is 5.97 Å². The molecule has 0 radical (unpaired) electrons. The molecular weight excluding hydrogens is 266 g/mol. The topological polar surface area (TPSA) is 46.6 Å². The number of ether oxygens (including phenoxy) is 1. The van der Waals surface area contributed by atoms with Gasteiger partial charge in [-0.25, -0.2) is 0 Å². The number of carbonyl (C=O) groups excluding carboxylic acids is 2. The highest BCUT2D eigenvalue weighted by molar-refractivity contribution is 6.07. The van der Waals surface area contributed by atoms with Crippen LogP contribution in [0.15, 0.2) is 48.5 Å². The van der Waals surface area contributed by atoms with Crippen LogP contribution < -0.4 is 9.64 Å². The molecule has 0 saturated carbocycles. The highest BCUT2D eigenvalue weighted by Crippen LogP contribution is 2.29. The lowest BCUT2D eigenvalue weighted by atomic mass is 10.1. The molecule has 2 aromatic rings. The summed E-state index contributed by atoms with van der Waals surface area (Å²) in [5.41, 5.74) is 2.76. The van der Waals surface area contributed by atoms with E-state index in [2.05, 4.69) is 0 Å². The number of hydrogen-bond donors (Lipinski definition) is 0. The zero-order chi connectivity index (χ0) is 14.8. The zero-order valence-electron chi connectivity index (χ0n) is 11.7. The maximum Gasteiger partial charge on any atom is 0.308 e. The summed E-state index contributed by atoms with van der Waals surface area (Å²) in [7, 11) is 0. The van der Waals surface area contributed by atoms with Gasteiger partial charge in [0.2, 0.25) is 0 Å². The van der Waals surface area contributed by atoms with Gasteiger partial charge in [0.1, 0.15) is 5.75 Å². The van der Waals surface area contributed by atoms with Crippen LogP contribution >= 0.6 is 0 Å². The lowest BCUT2D eigenvalue weighted by Crippen LogP contribution is -2.28. The molecule has 3 rings (SSSR count). The van der Waals surface area contributed by atoms with Crippen molar-refractivity contribution in [2.45, 2.75) is 13.3 Å². The number of hydrogen-bond acceptors (Lipinski definition) is 3. The Kier molecular flexibility index (Phi) is 3.44. The van der Waals surface area contributed by atoms with E-state index in [0.29, 0.717) is 17.9 Å². The van der Waals surface area contributed by atoms with Gasteiger partial charge in [0, 0.05) is 24.7 Å². The van der Waals surface area contributed by atoms with Crippen LogP contribution in [-0.2, 0) is 11.2 Å². The predicted molar refractivity (Wildman–Crippen MR) is 79.6 cm³/mol. The van der Waals surface area contributed by atoms with Crippen molar-refractivity contribution in [3.8, 4) is 5.75 Å². The summed E-state index contributed by atoms with van der Waals surface area (Å²) in [5.74, 6) is 0.0396. The first kappa shape index (κ1) is 13.4. The first-order chi connectivity index (χ1) is 10.1. The molecule has 0 atom stereocenters. The molecule has 0 saturated heterocycles. The monoisotopic (exact) mass is 281 g/mol. The molecule has 1 aliphatic heterocycles. The average Bonchev–Trinajstić information content (AvgIpc) is 2.90. The Morgan fingerprint density at radius 2 is 1.76 bits per heavy atom. The molecule has 0 bridgehead atoms. The molecule has 21 heavy (non-hydrogen) atoms. The van der Waals surface area contributed by atoms with Crippen LogP contribution in [0.25, 0.3) is 0 Å². The summed E-state index contributed by atoms with van der Waals surface area (Å²) in [6.07, 6.45) is 0.882. The van der Waals surface area contributed by atoms with Crippen LogP contribution in [0.3, 0.4) is 0 Å². The Morgan fingerprint density at radius 3 is 2.48 bits per heavy atom. The number of anilines is 1. The van der Waals surface area contributed by atoms with E-state index in [-0.39, 0.29) is 11.9 Å². The number of carbonyl (C=O) groups is 2. The molecule has 0 N–H and O–H groups in total. The number of amides is 1. The highest BCUT2D eigenvalue weighted by atomic mass is 16.5. The normalized spacial score (nSPS) is 12.9. The second-order valence-electron chi connectivity index (χ2n) is 4.95. The Labute approximate surface area is 123 Å². The smallest absolute Gasteiger partial charge is 0.308 e. The van der Waals surface area contributed by atoms with Gasteiger partial charge in [-0.15, -0.1) is 0 Å². The van der Waals surface area contributed by atoms with Gasteiger partial charge in [0.05, 0.1) is 0 Å². The number of nitrogens with zero attached hydrogens (tertiary/aromatic N) is 1. The maximum atomic E-state index is 12.6. The minimum atomic E-state index is -0.373. The Balaban J connectivity index is 1.82. The molecule has 0 aromatic heterocycles. The van der Waals surface area contributed by atoms with E-state index < -0.39 is 0 Å². The van der Waals surface area contributed by atoms with Crippen LogP contribution in [0.2, 0.25) is 0 Å². The summed E-state index contributed by atoms with van der Waals surface area (Å²) in [6.45, 7) is 2.05. The van der Waals surface area contributed by atoms with Crippen LogP contribution in [0.5, 0.6) is 5.75 Å². The van der Waals surface area contributed by atoms with Crippen molar-refractivity contribution in [2.75, 3.05) is 11.4 Å². The summed E-state index contributed by atoms with van der Waals surface area (Å²) >= 11 is 0. The molecule has 1 heterocycles. The Hall–Kier alpha value is -2.62. The van der Waals surface area contributed by atoms with Gasteiger partial charge in [-0.05, 0) is 42.3 Å². The molecule has 2 aromatic carbocycles. The maximum absolute atomic E-state index is 12.6. The van der Waals surface area contributed by atoms with E-state index in [1.165, 1.54) is 12.5 Å². The minimum absolute atomic E-state index is 0.0330. The molecule has 4 heteroatoms. The highest BCUT2D eigenvalue weighted by Gasteiger charge is 2.24. The Morgan fingerprint density at radius 1 is 1.05 bits per heavy atom.